The minimum atomic E-state index is -0.445. The van der Waals surface area contributed by atoms with Gasteiger partial charge < -0.3 is 4.74 Å². The summed E-state index contributed by atoms with van der Waals surface area (Å²) in [6, 6.07) is 19.2. The summed E-state index contributed by atoms with van der Waals surface area (Å²) in [6.45, 7) is 17.0. The molecule has 4 nitrogen and oxygen atoms in total. The van der Waals surface area contributed by atoms with Crippen LogP contribution in [0.4, 0.5) is 0 Å². The first-order valence-electron chi connectivity index (χ1n) is 16.3. The Kier molecular flexibility index (Phi) is 5.80. The van der Waals surface area contributed by atoms with E-state index in [4.69, 9.17) is 4.74 Å². The summed E-state index contributed by atoms with van der Waals surface area (Å²) in [5.41, 5.74) is 3.07. The monoisotopic (exact) mass is 593 g/mol. The van der Waals surface area contributed by atoms with E-state index in [0.717, 1.165) is 78.7 Å². The molecule has 0 N–H and O–H groups in total. The Labute approximate surface area is 262 Å². The fourth-order valence-corrected chi connectivity index (χ4v) is 8.09. The maximum Gasteiger partial charge on any atom is 0.266 e. The van der Waals surface area contributed by atoms with Gasteiger partial charge in [-0.2, -0.15) is 0 Å². The van der Waals surface area contributed by atoms with E-state index < -0.39 is 5.60 Å². The zero-order chi connectivity index (χ0) is 31.7. The van der Waals surface area contributed by atoms with Crippen LogP contribution in [0.5, 0.6) is 5.75 Å². The third-order valence-electron chi connectivity index (χ3n) is 9.52. The highest BCUT2D eigenvalue weighted by Gasteiger charge is 2.30. The fourth-order valence-electron chi connectivity index (χ4n) is 8.09. The van der Waals surface area contributed by atoms with E-state index in [9.17, 15) is 9.59 Å². The second-order valence-corrected chi connectivity index (χ2v) is 15.0. The number of para-hydroxylation sites is 1. The maximum atomic E-state index is 15.0. The van der Waals surface area contributed by atoms with Crippen molar-refractivity contribution in [3.05, 3.63) is 92.0 Å². The van der Waals surface area contributed by atoms with Crippen molar-refractivity contribution in [1.82, 2.24) is 4.57 Å². The highest BCUT2D eigenvalue weighted by molar-refractivity contribution is 6.48. The predicted octanol–water partition coefficient (Wildman–Crippen LogP) is 9.75. The van der Waals surface area contributed by atoms with Crippen LogP contribution in [0, 0.1) is 18.8 Å². The van der Waals surface area contributed by atoms with Gasteiger partial charge in [-0.3, -0.25) is 9.59 Å². The van der Waals surface area contributed by atoms with Crippen LogP contribution in [0.25, 0.3) is 70.3 Å². The van der Waals surface area contributed by atoms with Crippen molar-refractivity contribution in [2.45, 2.75) is 73.8 Å². The molecule has 0 unspecified atom stereocenters. The summed E-state index contributed by atoms with van der Waals surface area (Å²) < 4.78 is 8.14. The number of ether oxygens (including phenoxy) is 1. The average molecular weight is 594 g/mol. The van der Waals surface area contributed by atoms with Gasteiger partial charge in [0.2, 0.25) is 0 Å². The van der Waals surface area contributed by atoms with E-state index >= 15 is 0 Å². The lowest BCUT2D eigenvalue weighted by atomic mass is 9.93. The molecule has 0 saturated carbocycles. The SMILES string of the molecule is Cc1cc2c3c(=O)n(-c4c(CC(C)C)cccc4CC(C)C)c(=O)c3c3cc(OC(C)(C)C)c4ccc5ccc1c1c5c4c3c21. The van der Waals surface area contributed by atoms with Crippen molar-refractivity contribution in [2.75, 3.05) is 0 Å². The van der Waals surface area contributed by atoms with Gasteiger partial charge in [-0.25, -0.2) is 4.57 Å². The molecule has 226 valence electrons. The Hall–Kier alpha value is -4.44. The molecule has 0 radical (unpaired) electrons. The van der Waals surface area contributed by atoms with Crippen molar-refractivity contribution in [1.29, 1.82) is 0 Å². The van der Waals surface area contributed by atoms with Crippen molar-refractivity contribution in [3.8, 4) is 11.4 Å². The molecule has 8 aromatic rings. The molecule has 0 aliphatic heterocycles. The zero-order valence-corrected chi connectivity index (χ0v) is 27.4. The first-order chi connectivity index (χ1) is 21.4. The number of hydrogen-bond donors (Lipinski definition) is 0. The lowest BCUT2D eigenvalue weighted by molar-refractivity contribution is 0.133. The van der Waals surface area contributed by atoms with E-state index in [1.165, 1.54) is 20.7 Å². The molecule has 0 aliphatic rings. The van der Waals surface area contributed by atoms with Gasteiger partial charge in [-0.05, 0) is 125 Å². The molecule has 0 aliphatic carbocycles. The Bertz CT molecular complexity index is 2520. The molecule has 0 saturated heterocycles. The molecular weight excluding hydrogens is 554 g/mol. The Morgan fingerprint density at radius 3 is 1.71 bits per heavy atom. The second kappa shape index (κ2) is 9.29. The van der Waals surface area contributed by atoms with E-state index in [1.807, 2.05) is 26.8 Å². The Morgan fingerprint density at radius 2 is 1.16 bits per heavy atom. The van der Waals surface area contributed by atoms with Gasteiger partial charge in [0.25, 0.3) is 11.1 Å². The molecule has 0 atom stereocenters. The average Bonchev–Trinajstić information content (AvgIpc) is 3.44. The topological polar surface area (TPSA) is 48.3 Å². The number of benzene rings is 6. The van der Waals surface area contributed by atoms with E-state index in [-0.39, 0.29) is 11.1 Å². The molecular formula is C41H39NO3. The summed E-state index contributed by atoms with van der Waals surface area (Å²) in [5, 5.41) is 11.8. The lowest BCUT2D eigenvalue weighted by Crippen LogP contribution is -2.26. The second-order valence-electron chi connectivity index (χ2n) is 15.0. The Morgan fingerprint density at radius 1 is 0.644 bits per heavy atom. The fraction of sp³-hybridized carbons (Fsp3) is 0.317. The van der Waals surface area contributed by atoms with Gasteiger partial charge in [0.1, 0.15) is 11.4 Å². The summed E-state index contributed by atoms with van der Waals surface area (Å²) in [6.07, 6.45) is 1.57. The number of rotatable bonds is 6. The van der Waals surface area contributed by atoms with Crippen LogP contribution in [-0.4, -0.2) is 10.2 Å². The van der Waals surface area contributed by atoms with Crippen LogP contribution in [0.3, 0.4) is 0 Å². The molecule has 8 rings (SSSR count). The van der Waals surface area contributed by atoms with E-state index in [1.54, 1.807) is 0 Å². The number of nitrogens with zero attached hydrogens (tertiary/aromatic N) is 1. The highest BCUT2D eigenvalue weighted by atomic mass is 16.5. The van der Waals surface area contributed by atoms with Crippen LogP contribution in [0.15, 0.2) is 64.2 Å². The van der Waals surface area contributed by atoms with Gasteiger partial charge in [0, 0.05) is 16.2 Å². The molecule has 4 heteroatoms. The van der Waals surface area contributed by atoms with E-state index in [2.05, 4.69) is 83.1 Å². The molecule has 1 aromatic heterocycles. The standard InChI is InChI=1S/C41H39NO3/c1-20(2)16-24-10-9-11-25(17-21(3)4)38(24)42-39(43)36-28-18-22(5)26-14-12-23-13-15-27-30(45-41(6,7)8)19-29(37(36)40(42)44)35-33(27)31(23)32(26)34(28)35/h9-15,18-21H,16-17H2,1-8H3. The normalized spacial score (nSPS) is 13.2. The lowest BCUT2D eigenvalue weighted by Gasteiger charge is -2.23. The zero-order valence-electron chi connectivity index (χ0n) is 27.4. The number of hydrogen-bond acceptors (Lipinski definition) is 3. The third kappa shape index (κ3) is 3.84. The smallest absolute Gasteiger partial charge is 0.266 e. The maximum absolute atomic E-state index is 15.0. The molecule has 0 bridgehead atoms. The van der Waals surface area contributed by atoms with Crippen LogP contribution in [0.2, 0.25) is 0 Å². The minimum absolute atomic E-state index is 0.224. The van der Waals surface area contributed by atoms with Crippen LogP contribution in [-0.2, 0) is 12.8 Å². The van der Waals surface area contributed by atoms with Crippen molar-refractivity contribution in [2.24, 2.45) is 11.8 Å². The minimum Gasteiger partial charge on any atom is -0.487 e. The molecule has 0 fully saturated rings. The largest absolute Gasteiger partial charge is 0.487 e. The summed E-state index contributed by atoms with van der Waals surface area (Å²) in [7, 11) is 0. The van der Waals surface area contributed by atoms with Gasteiger partial charge in [-0.1, -0.05) is 64.1 Å². The van der Waals surface area contributed by atoms with E-state index in [0.29, 0.717) is 22.6 Å². The van der Waals surface area contributed by atoms with Gasteiger partial charge >= 0.3 is 0 Å². The molecule has 0 amide bonds. The summed E-state index contributed by atoms with van der Waals surface area (Å²) >= 11 is 0. The highest BCUT2D eigenvalue weighted by Crippen LogP contribution is 2.53. The van der Waals surface area contributed by atoms with Gasteiger partial charge in [0.05, 0.1) is 16.5 Å². The van der Waals surface area contributed by atoms with Crippen LogP contribution in [0.1, 0.15) is 65.2 Å². The van der Waals surface area contributed by atoms with Crippen molar-refractivity contribution >= 4 is 64.6 Å². The quantitative estimate of drug-likeness (QED) is 0.180. The summed E-state index contributed by atoms with van der Waals surface area (Å²) in [4.78, 5) is 29.9. The first kappa shape index (κ1) is 28.1. The van der Waals surface area contributed by atoms with Gasteiger partial charge in [0.15, 0.2) is 0 Å². The van der Waals surface area contributed by atoms with Crippen molar-refractivity contribution < 1.29 is 4.74 Å². The third-order valence-corrected chi connectivity index (χ3v) is 9.52. The van der Waals surface area contributed by atoms with Crippen LogP contribution >= 0.6 is 0 Å². The Balaban J connectivity index is 1.63. The van der Waals surface area contributed by atoms with Gasteiger partial charge in [-0.15, -0.1) is 0 Å². The van der Waals surface area contributed by atoms with Crippen molar-refractivity contribution in [3.63, 3.8) is 0 Å². The number of aromatic nitrogens is 1. The number of aryl methyl sites for hydroxylation is 1. The molecule has 1 heterocycles. The first-order valence-corrected chi connectivity index (χ1v) is 16.3. The van der Waals surface area contributed by atoms with Crippen LogP contribution < -0.4 is 15.9 Å². The number of fused-ring (bicyclic) bond motifs is 3. The molecule has 0 spiro atoms. The molecule has 45 heavy (non-hydrogen) atoms. The summed E-state index contributed by atoms with van der Waals surface area (Å²) in [5.74, 6) is 1.49. The molecule has 7 aromatic carbocycles. The predicted molar refractivity (Wildman–Crippen MR) is 190 cm³/mol.